The van der Waals surface area contributed by atoms with Crippen molar-refractivity contribution in [3.05, 3.63) is 107 Å². The van der Waals surface area contributed by atoms with Crippen molar-refractivity contribution in [3.8, 4) is 11.5 Å². The molecule has 8 nitrogen and oxygen atoms in total. The number of carbonyl (C=O) groups is 3. The number of benzene rings is 3. The Kier molecular flexibility index (Phi) is 6.87. The third-order valence-corrected chi connectivity index (χ3v) is 5.78. The van der Waals surface area contributed by atoms with Crippen molar-refractivity contribution in [3.63, 3.8) is 0 Å². The van der Waals surface area contributed by atoms with Gasteiger partial charge in [-0.25, -0.2) is 4.79 Å². The zero-order chi connectivity index (χ0) is 25.8. The van der Waals surface area contributed by atoms with E-state index < -0.39 is 29.5 Å². The fourth-order valence-corrected chi connectivity index (χ4v) is 4.06. The zero-order valence-corrected chi connectivity index (χ0v) is 19.5. The number of hydrogen-bond donors (Lipinski definition) is 1. The van der Waals surface area contributed by atoms with Gasteiger partial charge in [-0.2, -0.15) is 0 Å². The summed E-state index contributed by atoms with van der Waals surface area (Å²) in [5, 5.41) is 22.6. The SMILES string of the molecule is COc1ccc([C@@H]2C(C(=O)/C=C/c3ccccc3)=C([O-])C(=O)N2c2cccc(C(=O)O)c2)cc1OC. The number of amides is 1. The van der Waals surface area contributed by atoms with Gasteiger partial charge in [0, 0.05) is 11.3 Å². The maximum atomic E-state index is 13.3. The summed E-state index contributed by atoms with van der Waals surface area (Å²) >= 11 is 0. The molecule has 1 aliphatic rings. The lowest BCUT2D eigenvalue weighted by Crippen LogP contribution is -2.32. The fraction of sp³-hybridized carbons (Fsp3) is 0.107. The van der Waals surface area contributed by atoms with Crippen LogP contribution in [-0.4, -0.2) is 37.0 Å². The zero-order valence-electron chi connectivity index (χ0n) is 19.5. The number of carboxylic acid groups (broad SMARTS) is 1. The minimum atomic E-state index is -1.19. The summed E-state index contributed by atoms with van der Waals surface area (Å²) in [5.74, 6) is -2.95. The third-order valence-electron chi connectivity index (χ3n) is 5.78. The Labute approximate surface area is 207 Å². The quantitative estimate of drug-likeness (QED) is 0.487. The van der Waals surface area contributed by atoms with E-state index in [4.69, 9.17) is 9.47 Å². The summed E-state index contributed by atoms with van der Waals surface area (Å²) in [6.45, 7) is 0. The average Bonchev–Trinajstić information content (AvgIpc) is 3.17. The van der Waals surface area contributed by atoms with Crippen molar-refractivity contribution in [2.75, 3.05) is 19.1 Å². The predicted octanol–water partition coefficient (Wildman–Crippen LogP) is 3.39. The average molecular weight is 484 g/mol. The van der Waals surface area contributed by atoms with Crippen LogP contribution in [0.25, 0.3) is 6.08 Å². The molecule has 3 aromatic carbocycles. The standard InChI is InChI=1S/C28H23NO7/c1-35-22-14-12-18(16-23(22)36-2)25-24(21(30)13-11-17-7-4-3-5-8-17)26(31)27(32)29(25)20-10-6-9-19(15-20)28(33)34/h3-16,25,31H,1-2H3,(H,33,34)/p-1/b13-11+/t25-/m1/s1. The molecular formula is C28H22NO7-. The maximum Gasteiger partial charge on any atom is 0.335 e. The van der Waals surface area contributed by atoms with Crippen LogP contribution in [0.5, 0.6) is 11.5 Å². The minimum absolute atomic E-state index is 0.0671. The van der Waals surface area contributed by atoms with Crippen LogP contribution < -0.4 is 19.5 Å². The van der Waals surface area contributed by atoms with Gasteiger partial charge >= 0.3 is 5.97 Å². The molecule has 0 aromatic heterocycles. The molecule has 0 saturated heterocycles. The van der Waals surface area contributed by atoms with Gasteiger partial charge in [-0.15, -0.1) is 0 Å². The number of carboxylic acids is 1. The molecule has 1 atom stereocenters. The number of allylic oxidation sites excluding steroid dienone is 1. The van der Waals surface area contributed by atoms with Crippen LogP contribution in [0, 0.1) is 0 Å². The van der Waals surface area contributed by atoms with Gasteiger partial charge in [0.1, 0.15) is 0 Å². The van der Waals surface area contributed by atoms with Crippen LogP contribution in [0.2, 0.25) is 0 Å². The summed E-state index contributed by atoms with van der Waals surface area (Å²) in [4.78, 5) is 39.2. The predicted molar refractivity (Wildman–Crippen MR) is 131 cm³/mol. The molecule has 1 amide bonds. The van der Waals surface area contributed by atoms with E-state index in [-0.39, 0.29) is 16.8 Å². The number of anilines is 1. The summed E-state index contributed by atoms with van der Waals surface area (Å²) in [6.07, 6.45) is 2.81. The van der Waals surface area contributed by atoms with Gasteiger partial charge < -0.3 is 19.7 Å². The molecule has 1 heterocycles. The van der Waals surface area contributed by atoms with Gasteiger partial charge in [-0.3, -0.25) is 14.5 Å². The van der Waals surface area contributed by atoms with E-state index in [1.807, 2.05) is 18.2 Å². The first kappa shape index (κ1) is 24.3. The van der Waals surface area contributed by atoms with Crippen LogP contribution >= 0.6 is 0 Å². The van der Waals surface area contributed by atoms with E-state index in [0.29, 0.717) is 17.1 Å². The van der Waals surface area contributed by atoms with Gasteiger partial charge in [0.2, 0.25) is 5.91 Å². The third kappa shape index (κ3) is 4.56. The monoisotopic (exact) mass is 484 g/mol. The van der Waals surface area contributed by atoms with E-state index in [1.165, 1.54) is 44.6 Å². The van der Waals surface area contributed by atoms with Gasteiger partial charge in [0.05, 0.1) is 25.8 Å². The number of ether oxygens (including phenoxy) is 2. The number of carbonyl (C=O) groups excluding carboxylic acids is 2. The van der Waals surface area contributed by atoms with E-state index in [1.54, 1.807) is 36.4 Å². The highest BCUT2D eigenvalue weighted by Crippen LogP contribution is 2.42. The Bertz CT molecular complexity index is 1390. The number of nitrogens with zero attached hydrogens (tertiary/aromatic N) is 1. The van der Waals surface area contributed by atoms with Crippen molar-refractivity contribution in [1.82, 2.24) is 0 Å². The molecule has 36 heavy (non-hydrogen) atoms. The first-order chi connectivity index (χ1) is 17.3. The maximum absolute atomic E-state index is 13.3. The Balaban J connectivity index is 1.85. The largest absolute Gasteiger partial charge is 0.868 e. The van der Waals surface area contributed by atoms with Crippen molar-refractivity contribution in [2.24, 2.45) is 0 Å². The Hall–Kier alpha value is -4.85. The lowest BCUT2D eigenvalue weighted by Gasteiger charge is -2.28. The molecule has 0 saturated carbocycles. The normalized spacial score (nSPS) is 15.4. The van der Waals surface area contributed by atoms with Crippen LogP contribution in [0.4, 0.5) is 5.69 Å². The summed E-state index contributed by atoms with van der Waals surface area (Å²) in [7, 11) is 2.92. The molecule has 4 rings (SSSR count). The van der Waals surface area contributed by atoms with Gasteiger partial charge in [0.15, 0.2) is 17.3 Å². The van der Waals surface area contributed by atoms with E-state index in [2.05, 4.69) is 0 Å². The fourth-order valence-electron chi connectivity index (χ4n) is 4.06. The highest BCUT2D eigenvalue weighted by Gasteiger charge is 2.40. The number of methoxy groups -OCH3 is 2. The van der Waals surface area contributed by atoms with Gasteiger partial charge in [-0.05, 0) is 53.3 Å². The van der Waals surface area contributed by atoms with Gasteiger partial charge in [-0.1, -0.05) is 48.5 Å². The van der Waals surface area contributed by atoms with Gasteiger partial charge in [0.25, 0.3) is 0 Å². The molecule has 0 fully saturated rings. The van der Waals surface area contributed by atoms with Crippen molar-refractivity contribution >= 4 is 29.4 Å². The van der Waals surface area contributed by atoms with E-state index in [0.717, 1.165) is 10.5 Å². The number of ketones is 1. The minimum Gasteiger partial charge on any atom is -0.868 e. The summed E-state index contributed by atoms with van der Waals surface area (Å²) in [6, 6.07) is 18.4. The Morgan fingerprint density at radius 1 is 0.944 bits per heavy atom. The van der Waals surface area contributed by atoms with E-state index in [9.17, 15) is 24.6 Å². The highest BCUT2D eigenvalue weighted by molar-refractivity contribution is 6.19. The number of rotatable bonds is 8. The summed E-state index contributed by atoms with van der Waals surface area (Å²) in [5.41, 5.74) is 1.02. The Morgan fingerprint density at radius 2 is 1.67 bits per heavy atom. The smallest absolute Gasteiger partial charge is 0.335 e. The van der Waals surface area contributed by atoms with Crippen LogP contribution in [0.15, 0.2) is 90.2 Å². The topological polar surface area (TPSA) is 116 Å². The molecule has 8 heteroatoms. The number of aromatic carboxylic acids is 1. The second-order valence-corrected chi connectivity index (χ2v) is 7.90. The molecule has 1 N–H and O–H groups in total. The molecule has 0 spiro atoms. The highest BCUT2D eigenvalue weighted by atomic mass is 16.5. The van der Waals surface area contributed by atoms with Crippen molar-refractivity contribution in [2.45, 2.75) is 6.04 Å². The second kappa shape index (κ2) is 10.2. The molecule has 3 aromatic rings. The molecular weight excluding hydrogens is 462 g/mol. The lowest BCUT2D eigenvalue weighted by molar-refractivity contribution is -0.298. The van der Waals surface area contributed by atoms with Crippen molar-refractivity contribution < 1.29 is 34.1 Å². The second-order valence-electron chi connectivity index (χ2n) is 7.90. The molecule has 182 valence electrons. The molecule has 0 aliphatic carbocycles. The van der Waals surface area contributed by atoms with Crippen molar-refractivity contribution in [1.29, 1.82) is 0 Å². The van der Waals surface area contributed by atoms with Crippen LogP contribution in [0.1, 0.15) is 27.5 Å². The lowest BCUT2D eigenvalue weighted by atomic mass is 9.94. The van der Waals surface area contributed by atoms with Crippen LogP contribution in [-0.2, 0) is 9.59 Å². The first-order valence-corrected chi connectivity index (χ1v) is 10.9. The summed E-state index contributed by atoms with van der Waals surface area (Å²) < 4.78 is 10.7. The van der Waals surface area contributed by atoms with E-state index >= 15 is 0 Å². The molecule has 0 bridgehead atoms. The van der Waals surface area contributed by atoms with Crippen LogP contribution in [0.3, 0.4) is 0 Å². The molecule has 0 radical (unpaired) electrons. The first-order valence-electron chi connectivity index (χ1n) is 10.9. The molecule has 1 aliphatic heterocycles. The number of hydrogen-bond acceptors (Lipinski definition) is 6. The Morgan fingerprint density at radius 3 is 2.33 bits per heavy atom. The molecule has 0 unspecified atom stereocenters.